The van der Waals surface area contributed by atoms with E-state index in [9.17, 15) is 9.59 Å². The van der Waals surface area contributed by atoms with Crippen molar-refractivity contribution in [3.05, 3.63) is 83.1 Å². The van der Waals surface area contributed by atoms with Gasteiger partial charge in [-0.2, -0.15) is 0 Å². The van der Waals surface area contributed by atoms with Gasteiger partial charge < -0.3 is 10.1 Å². The van der Waals surface area contributed by atoms with Crippen LogP contribution < -0.4 is 5.32 Å². The normalized spacial score (nSPS) is 25.9. The van der Waals surface area contributed by atoms with Gasteiger partial charge in [0.25, 0.3) is 0 Å². The van der Waals surface area contributed by atoms with Crippen molar-refractivity contribution >= 4 is 11.7 Å². The van der Waals surface area contributed by atoms with Crippen LogP contribution in [0.15, 0.2) is 66.4 Å². The first-order valence-electron chi connectivity index (χ1n) is 9.71. The van der Waals surface area contributed by atoms with Gasteiger partial charge in [0.15, 0.2) is 11.5 Å². The number of benzene rings is 2. The van der Waals surface area contributed by atoms with Crippen molar-refractivity contribution in [1.82, 2.24) is 5.32 Å². The fourth-order valence-electron chi connectivity index (χ4n) is 4.77. The number of hydrogen-bond donors (Lipinski definition) is 1. The molecule has 0 saturated carbocycles. The van der Waals surface area contributed by atoms with E-state index in [1.807, 2.05) is 42.5 Å². The Labute approximate surface area is 165 Å². The van der Waals surface area contributed by atoms with Gasteiger partial charge in [0.05, 0.1) is 13.0 Å². The van der Waals surface area contributed by atoms with E-state index in [0.29, 0.717) is 18.7 Å². The number of nitrogens with one attached hydrogen (secondary N) is 1. The third kappa shape index (κ3) is 3.13. The van der Waals surface area contributed by atoms with Gasteiger partial charge >= 0.3 is 0 Å². The predicted octanol–water partition coefficient (Wildman–Crippen LogP) is 3.77. The highest BCUT2D eigenvalue weighted by molar-refractivity contribution is 5.96. The van der Waals surface area contributed by atoms with Crippen molar-refractivity contribution in [2.24, 2.45) is 11.3 Å². The Kier molecular flexibility index (Phi) is 4.80. The second-order valence-electron chi connectivity index (χ2n) is 7.98. The van der Waals surface area contributed by atoms with Crippen molar-refractivity contribution in [2.45, 2.75) is 32.2 Å². The first-order chi connectivity index (χ1) is 13.5. The molecule has 0 aromatic heterocycles. The summed E-state index contributed by atoms with van der Waals surface area (Å²) in [5, 5.41) is 3.07. The lowest BCUT2D eigenvalue weighted by Gasteiger charge is -2.35. The number of methoxy groups -OCH3 is 1. The highest BCUT2D eigenvalue weighted by Gasteiger charge is 2.52. The van der Waals surface area contributed by atoms with Gasteiger partial charge in [-0.1, -0.05) is 61.5 Å². The Bertz CT molecular complexity index is 934. The quantitative estimate of drug-likeness (QED) is 0.885. The molecule has 2 aromatic carbocycles. The third-order valence-corrected chi connectivity index (χ3v) is 6.30. The summed E-state index contributed by atoms with van der Waals surface area (Å²) in [6.45, 7) is 2.60. The lowest BCUT2D eigenvalue weighted by Crippen LogP contribution is -2.41. The number of allylic oxidation sites excluding steroid dienone is 1. The van der Waals surface area contributed by atoms with Crippen LogP contribution in [-0.2, 0) is 27.3 Å². The minimum Gasteiger partial charge on any atom is -0.493 e. The van der Waals surface area contributed by atoms with Crippen LogP contribution in [-0.4, -0.2) is 18.8 Å². The topological polar surface area (TPSA) is 55.4 Å². The average molecular weight is 375 g/mol. The van der Waals surface area contributed by atoms with Crippen LogP contribution in [0.2, 0.25) is 0 Å². The first-order valence-corrected chi connectivity index (χ1v) is 9.71. The Balaban J connectivity index is 1.67. The van der Waals surface area contributed by atoms with Crippen molar-refractivity contribution in [1.29, 1.82) is 0 Å². The van der Waals surface area contributed by atoms with E-state index in [1.165, 1.54) is 18.2 Å². The molecule has 0 heterocycles. The Morgan fingerprint density at radius 3 is 2.61 bits per heavy atom. The van der Waals surface area contributed by atoms with E-state index in [-0.39, 0.29) is 23.0 Å². The third-order valence-electron chi connectivity index (χ3n) is 6.30. The predicted molar refractivity (Wildman–Crippen MR) is 107 cm³/mol. The molecule has 0 aliphatic heterocycles. The number of carbonyl (C=O) groups excluding carboxylic acids is 2. The van der Waals surface area contributed by atoms with E-state index in [1.54, 1.807) is 6.08 Å². The Morgan fingerprint density at radius 1 is 1.14 bits per heavy atom. The van der Waals surface area contributed by atoms with E-state index in [0.717, 1.165) is 12.0 Å². The molecular formula is C24H25NO3. The zero-order valence-corrected chi connectivity index (χ0v) is 16.3. The molecule has 0 spiro atoms. The summed E-state index contributed by atoms with van der Waals surface area (Å²) in [7, 11) is 1.50. The van der Waals surface area contributed by atoms with Crippen LogP contribution >= 0.6 is 0 Å². The highest BCUT2D eigenvalue weighted by Crippen LogP contribution is 2.55. The fraction of sp³-hybridized carbons (Fsp3) is 0.333. The number of rotatable bonds is 4. The standard InChI is InChI=1S/C24H25NO3/c1-24-14-17-10-6-7-11-18(17)19(24)12-21(26)22(28-2)13-20(24)23(27)25-15-16-8-4-3-5-9-16/h3-11,13,19-20H,12,14-15H2,1-2H3,(H,25,27)/t19-,20+,24-/m0/s1. The van der Waals surface area contributed by atoms with Crippen LogP contribution in [0.1, 0.15) is 36.0 Å². The molecule has 2 aliphatic carbocycles. The van der Waals surface area contributed by atoms with Gasteiger partial charge in [-0.15, -0.1) is 0 Å². The Hall–Kier alpha value is -2.88. The maximum absolute atomic E-state index is 13.3. The largest absolute Gasteiger partial charge is 0.493 e. The number of hydrogen-bond acceptors (Lipinski definition) is 3. The second kappa shape index (κ2) is 7.27. The van der Waals surface area contributed by atoms with Crippen LogP contribution in [0.25, 0.3) is 0 Å². The summed E-state index contributed by atoms with van der Waals surface area (Å²) >= 11 is 0. The van der Waals surface area contributed by atoms with Gasteiger partial charge in [-0.05, 0) is 40.5 Å². The molecule has 4 nitrogen and oxygen atoms in total. The molecule has 0 saturated heterocycles. The molecule has 0 fully saturated rings. The molecule has 1 N–H and O–H groups in total. The molecule has 0 unspecified atom stereocenters. The molecule has 3 atom stereocenters. The first kappa shape index (κ1) is 18.5. The maximum Gasteiger partial charge on any atom is 0.227 e. The molecule has 4 rings (SSSR count). The van der Waals surface area contributed by atoms with Crippen molar-refractivity contribution in [3.63, 3.8) is 0 Å². The minimum absolute atomic E-state index is 0.00701. The van der Waals surface area contributed by atoms with Gasteiger partial charge in [0.1, 0.15) is 0 Å². The monoisotopic (exact) mass is 375 g/mol. The summed E-state index contributed by atoms with van der Waals surface area (Å²) in [6.07, 6.45) is 2.89. The van der Waals surface area contributed by atoms with Crippen LogP contribution in [0.3, 0.4) is 0 Å². The zero-order valence-electron chi connectivity index (χ0n) is 16.3. The Morgan fingerprint density at radius 2 is 1.86 bits per heavy atom. The molecule has 4 heteroatoms. The molecule has 144 valence electrons. The summed E-state index contributed by atoms with van der Waals surface area (Å²) in [5.41, 5.74) is 3.11. The second-order valence-corrected chi connectivity index (χ2v) is 7.98. The minimum atomic E-state index is -0.435. The maximum atomic E-state index is 13.3. The van der Waals surface area contributed by atoms with Crippen LogP contribution in [0.5, 0.6) is 0 Å². The van der Waals surface area contributed by atoms with Crippen molar-refractivity contribution < 1.29 is 14.3 Å². The van der Waals surface area contributed by atoms with Crippen LogP contribution in [0, 0.1) is 11.3 Å². The molecule has 2 aromatic rings. The van der Waals surface area contributed by atoms with Crippen molar-refractivity contribution in [3.8, 4) is 0 Å². The fourth-order valence-corrected chi connectivity index (χ4v) is 4.77. The van der Waals surface area contributed by atoms with E-state index in [4.69, 9.17) is 4.74 Å². The number of fused-ring (bicyclic) bond motifs is 3. The number of carbonyl (C=O) groups is 2. The molecule has 1 amide bonds. The van der Waals surface area contributed by atoms with Gasteiger partial charge in [-0.25, -0.2) is 0 Å². The molecule has 0 radical (unpaired) electrons. The summed E-state index contributed by atoms with van der Waals surface area (Å²) in [4.78, 5) is 26.0. The van der Waals surface area contributed by atoms with Gasteiger partial charge in [0, 0.05) is 13.0 Å². The highest BCUT2D eigenvalue weighted by atomic mass is 16.5. The SMILES string of the molecule is COC1=C[C@H](C(=O)NCc2ccccc2)[C@@]2(C)Cc3ccccc3[C@@H]2CC1=O. The molecule has 0 bridgehead atoms. The van der Waals surface area contributed by atoms with E-state index >= 15 is 0 Å². The van der Waals surface area contributed by atoms with Crippen LogP contribution in [0.4, 0.5) is 0 Å². The van der Waals surface area contributed by atoms with E-state index in [2.05, 4.69) is 24.4 Å². The average Bonchev–Trinajstić information content (AvgIpc) is 2.94. The number of Topliss-reactive ketones (excluding diaryl/α,β-unsaturated/α-hetero) is 1. The van der Waals surface area contributed by atoms with E-state index < -0.39 is 5.92 Å². The summed E-state index contributed by atoms with van der Waals surface area (Å²) < 4.78 is 5.36. The zero-order chi connectivity index (χ0) is 19.7. The van der Waals surface area contributed by atoms with Gasteiger partial charge in [-0.3, -0.25) is 9.59 Å². The number of ether oxygens (including phenoxy) is 1. The number of ketones is 1. The number of amides is 1. The lowest BCUT2D eigenvalue weighted by atomic mass is 9.67. The summed E-state index contributed by atoms with van der Waals surface area (Å²) in [5.74, 6) is -0.224. The van der Waals surface area contributed by atoms with Gasteiger partial charge in [0.2, 0.25) is 5.91 Å². The molecular weight excluding hydrogens is 350 g/mol. The summed E-state index contributed by atoms with van der Waals surface area (Å²) in [6, 6.07) is 18.1. The molecule has 2 aliphatic rings. The van der Waals surface area contributed by atoms with Crippen molar-refractivity contribution in [2.75, 3.05) is 7.11 Å². The smallest absolute Gasteiger partial charge is 0.227 e. The molecule has 28 heavy (non-hydrogen) atoms. The lowest BCUT2D eigenvalue weighted by molar-refractivity contribution is -0.127.